The van der Waals surface area contributed by atoms with Gasteiger partial charge in [0.25, 0.3) is 5.89 Å². The summed E-state index contributed by atoms with van der Waals surface area (Å²) >= 11 is 0. The van der Waals surface area contributed by atoms with Gasteiger partial charge in [-0.3, -0.25) is 0 Å². The Bertz CT molecular complexity index is 496. The van der Waals surface area contributed by atoms with E-state index in [1.165, 1.54) is 6.07 Å². The third-order valence-electron chi connectivity index (χ3n) is 2.15. The second kappa shape index (κ2) is 4.40. The van der Waals surface area contributed by atoms with Gasteiger partial charge in [-0.15, -0.1) is 10.2 Å². The van der Waals surface area contributed by atoms with Crippen LogP contribution in [0.1, 0.15) is 11.5 Å². The average Bonchev–Trinajstić information content (AvgIpc) is 2.71. The van der Waals surface area contributed by atoms with Gasteiger partial charge >= 0.3 is 0 Å². The lowest BCUT2D eigenvalue weighted by Gasteiger charge is -1.98. The molecule has 0 atom stereocenters. The molecule has 0 aliphatic carbocycles. The van der Waals surface area contributed by atoms with E-state index in [1.807, 2.05) is 6.92 Å². The van der Waals surface area contributed by atoms with Crippen LogP contribution in [-0.2, 0) is 6.54 Å². The molecule has 84 valence electrons. The molecule has 0 aliphatic rings. The van der Waals surface area contributed by atoms with Gasteiger partial charge in [-0.25, -0.2) is 4.39 Å². The van der Waals surface area contributed by atoms with Crippen LogP contribution >= 0.6 is 0 Å². The van der Waals surface area contributed by atoms with Crippen molar-refractivity contribution in [3.05, 3.63) is 35.5 Å². The van der Waals surface area contributed by atoms with E-state index in [0.29, 0.717) is 18.0 Å². The molecular weight excluding hydrogens is 209 g/mol. The molecule has 0 fully saturated rings. The summed E-state index contributed by atoms with van der Waals surface area (Å²) in [5.41, 5.74) is 1.29. The number of hydrogen-bond donors (Lipinski definition) is 1. The van der Waals surface area contributed by atoms with Crippen LogP contribution in [0.4, 0.5) is 4.39 Å². The Kier molecular flexibility index (Phi) is 2.96. The quantitative estimate of drug-likeness (QED) is 0.860. The molecule has 5 heteroatoms. The summed E-state index contributed by atoms with van der Waals surface area (Å²) < 4.78 is 18.8. The molecule has 2 rings (SSSR count). The van der Waals surface area contributed by atoms with E-state index in [4.69, 9.17) is 4.42 Å². The van der Waals surface area contributed by atoms with Crippen LogP contribution in [0, 0.1) is 12.7 Å². The molecule has 1 aromatic carbocycles. The molecule has 0 aliphatic heterocycles. The third-order valence-corrected chi connectivity index (χ3v) is 2.15. The second-order valence-electron chi connectivity index (χ2n) is 3.51. The highest BCUT2D eigenvalue weighted by Crippen LogP contribution is 2.22. The fourth-order valence-electron chi connectivity index (χ4n) is 1.39. The predicted octanol–water partition coefficient (Wildman–Crippen LogP) is 1.90. The van der Waals surface area contributed by atoms with Crippen LogP contribution < -0.4 is 5.32 Å². The average molecular weight is 221 g/mol. The maximum atomic E-state index is 13.5. The van der Waals surface area contributed by atoms with Crippen LogP contribution in [0.2, 0.25) is 0 Å². The van der Waals surface area contributed by atoms with Gasteiger partial charge in [0.2, 0.25) is 5.89 Å². The molecule has 0 bridgehead atoms. The first-order valence-electron chi connectivity index (χ1n) is 4.94. The van der Waals surface area contributed by atoms with E-state index in [2.05, 4.69) is 15.5 Å². The zero-order valence-corrected chi connectivity index (χ0v) is 9.12. The molecule has 0 saturated carbocycles. The second-order valence-corrected chi connectivity index (χ2v) is 3.51. The number of hydrogen-bond acceptors (Lipinski definition) is 4. The summed E-state index contributed by atoms with van der Waals surface area (Å²) in [6, 6.07) is 4.78. The summed E-state index contributed by atoms with van der Waals surface area (Å²) in [5.74, 6) is 0.301. The normalized spacial score (nSPS) is 10.7. The zero-order chi connectivity index (χ0) is 11.5. The topological polar surface area (TPSA) is 51.0 Å². The number of nitrogens with one attached hydrogen (secondary N) is 1. The van der Waals surface area contributed by atoms with Crippen LogP contribution in [0.15, 0.2) is 22.6 Å². The van der Waals surface area contributed by atoms with Crippen molar-refractivity contribution in [2.24, 2.45) is 0 Å². The monoisotopic (exact) mass is 221 g/mol. The molecule has 0 spiro atoms. The molecule has 1 N–H and O–H groups in total. The molecule has 16 heavy (non-hydrogen) atoms. The van der Waals surface area contributed by atoms with Crippen molar-refractivity contribution >= 4 is 0 Å². The van der Waals surface area contributed by atoms with Gasteiger partial charge in [-0.1, -0.05) is 11.6 Å². The van der Waals surface area contributed by atoms with Gasteiger partial charge < -0.3 is 9.73 Å². The molecule has 0 radical (unpaired) electrons. The van der Waals surface area contributed by atoms with E-state index in [1.54, 1.807) is 19.2 Å². The fraction of sp³-hybridized carbons (Fsp3) is 0.273. The van der Waals surface area contributed by atoms with Crippen molar-refractivity contribution in [2.45, 2.75) is 13.5 Å². The lowest BCUT2D eigenvalue weighted by atomic mass is 10.1. The Balaban J connectivity index is 2.38. The van der Waals surface area contributed by atoms with Gasteiger partial charge in [0.1, 0.15) is 5.82 Å². The van der Waals surface area contributed by atoms with E-state index in [9.17, 15) is 4.39 Å². The van der Waals surface area contributed by atoms with Crippen LogP contribution in [0.3, 0.4) is 0 Å². The van der Waals surface area contributed by atoms with Gasteiger partial charge in [-0.2, -0.15) is 0 Å². The molecule has 0 unspecified atom stereocenters. The van der Waals surface area contributed by atoms with Crippen molar-refractivity contribution in [3.8, 4) is 11.5 Å². The SMILES string of the molecule is CNCc1nnc(-c2cc(C)ccc2F)o1. The lowest BCUT2D eigenvalue weighted by molar-refractivity contribution is 0.487. The summed E-state index contributed by atoms with van der Waals surface area (Å²) in [7, 11) is 1.77. The Labute approximate surface area is 92.5 Å². The van der Waals surface area contributed by atoms with Crippen molar-refractivity contribution < 1.29 is 8.81 Å². The van der Waals surface area contributed by atoms with Crippen molar-refractivity contribution in [3.63, 3.8) is 0 Å². The fourth-order valence-corrected chi connectivity index (χ4v) is 1.39. The highest BCUT2D eigenvalue weighted by molar-refractivity contribution is 5.54. The number of benzene rings is 1. The third kappa shape index (κ3) is 2.09. The first-order chi connectivity index (χ1) is 7.70. The molecular formula is C11H12FN3O. The predicted molar refractivity (Wildman–Crippen MR) is 57.2 cm³/mol. The summed E-state index contributed by atoms with van der Waals surface area (Å²) in [6.07, 6.45) is 0. The molecule has 1 aromatic heterocycles. The summed E-state index contributed by atoms with van der Waals surface area (Å²) in [4.78, 5) is 0. The number of nitrogens with zero attached hydrogens (tertiary/aromatic N) is 2. The van der Waals surface area contributed by atoms with E-state index < -0.39 is 0 Å². The maximum Gasteiger partial charge on any atom is 0.250 e. The largest absolute Gasteiger partial charge is 0.419 e. The minimum Gasteiger partial charge on any atom is -0.419 e. The number of aryl methyl sites for hydroxylation is 1. The summed E-state index contributed by atoms with van der Waals surface area (Å²) in [5, 5.41) is 10.5. The van der Waals surface area contributed by atoms with Crippen molar-refractivity contribution in [1.82, 2.24) is 15.5 Å². The first-order valence-corrected chi connectivity index (χ1v) is 4.94. The highest BCUT2D eigenvalue weighted by atomic mass is 19.1. The lowest BCUT2D eigenvalue weighted by Crippen LogP contribution is -2.04. The standard InChI is InChI=1S/C11H12FN3O/c1-7-3-4-9(12)8(5-7)11-15-14-10(16-11)6-13-2/h3-5,13H,6H2,1-2H3. The van der Waals surface area contributed by atoms with Gasteiger partial charge in [-0.05, 0) is 26.1 Å². The van der Waals surface area contributed by atoms with Crippen LogP contribution in [0.25, 0.3) is 11.5 Å². The smallest absolute Gasteiger partial charge is 0.250 e. The first kappa shape index (κ1) is 10.8. The van der Waals surface area contributed by atoms with E-state index >= 15 is 0 Å². The summed E-state index contributed by atoms with van der Waals surface area (Å²) in [6.45, 7) is 2.36. The number of rotatable bonds is 3. The van der Waals surface area contributed by atoms with E-state index in [0.717, 1.165) is 5.56 Å². The van der Waals surface area contributed by atoms with Gasteiger partial charge in [0.05, 0.1) is 12.1 Å². The van der Waals surface area contributed by atoms with Crippen molar-refractivity contribution in [2.75, 3.05) is 7.05 Å². The maximum absolute atomic E-state index is 13.5. The Morgan fingerprint density at radius 1 is 1.38 bits per heavy atom. The minimum absolute atomic E-state index is 0.214. The van der Waals surface area contributed by atoms with E-state index in [-0.39, 0.29) is 11.7 Å². The van der Waals surface area contributed by atoms with Crippen LogP contribution in [-0.4, -0.2) is 17.2 Å². The van der Waals surface area contributed by atoms with Gasteiger partial charge in [0.15, 0.2) is 0 Å². The Morgan fingerprint density at radius 3 is 2.94 bits per heavy atom. The van der Waals surface area contributed by atoms with Crippen LogP contribution in [0.5, 0.6) is 0 Å². The number of halogens is 1. The van der Waals surface area contributed by atoms with Gasteiger partial charge in [0, 0.05) is 0 Å². The molecule has 0 saturated heterocycles. The van der Waals surface area contributed by atoms with Crippen molar-refractivity contribution in [1.29, 1.82) is 0 Å². The number of aromatic nitrogens is 2. The minimum atomic E-state index is -0.356. The zero-order valence-electron chi connectivity index (χ0n) is 9.12. The molecule has 4 nitrogen and oxygen atoms in total. The molecule has 2 aromatic rings. The molecule has 0 amide bonds. The Morgan fingerprint density at radius 2 is 2.19 bits per heavy atom. The Hall–Kier alpha value is -1.75. The highest BCUT2D eigenvalue weighted by Gasteiger charge is 2.12. The molecule has 1 heterocycles.